The van der Waals surface area contributed by atoms with E-state index in [2.05, 4.69) is 4.72 Å². The maximum atomic E-state index is 12.0. The molecule has 3 N–H and O–H groups in total. The lowest BCUT2D eigenvalue weighted by Gasteiger charge is -2.26. The predicted molar refractivity (Wildman–Crippen MR) is 64.9 cm³/mol. The molecule has 1 aliphatic rings. The van der Waals surface area contributed by atoms with Crippen molar-refractivity contribution in [1.29, 1.82) is 0 Å². The second kappa shape index (κ2) is 5.95. The summed E-state index contributed by atoms with van der Waals surface area (Å²) in [5, 5.41) is 0. The molecule has 0 aromatic heterocycles. The number of nitrogens with two attached hydrogens (primary N) is 1. The lowest BCUT2D eigenvalue weighted by molar-refractivity contribution is 0.323. The maximum absolute atomic E-state index is 12.0. The number of hydrogen-bond donors (Lipinski definition) is 2. The van der Waals surface area contributed by atoms with Crippen LogP contribution in [0.5, 0.6) is 0 Å². The van der Waals surface area contributed by atoms with Crippen LogP contribution < -0.4 is 10.5 Å². The highest BCUT2D eigenvalue weighted by atomic mass is 32.2. The summed E-state index contributed by atoms with van der Waals surface area (Å²) in [7, 11) is -3.39. The first-order valence-corrected chi connectivity index (χ1v) is 7.39. The molecular weight excluding hydrogens is 226 g/mol. The Morgan fingerprint density at radius 1 is 1.38 bits per heavy atom. The molecule has 1 fully saturated rings. The summed E-state index contributed by atoms with van der Waals surface area (Å²) in [5.74, 6) is 0.304. The van der Waals surface area contributed by atoms with Gasteiger partial charge in [-0.1, -0.05) is 26.7 Å². The van der Waals surface area contributed by atoms with Crippen LogP contribution >= 0.6 is 0 Å². The second-order valence-electron chi connectivity index (χ2n) is 4.77. The van der Waals surface area contributed by atoms with Gasteiger partial charge in [0.05, 0.1) is 6.17 Å². The second-order valence-corrected chi connectivity index (χ2v) is 6.48. The fourth-order valence-electron chi connectivity index (χ4n) is 1.76. The lowest BCUT2D eigenvalue weighted by Crippen LogP contribution is -2.50. The third-order valence-corrected chi connectivity index (χ3v) is 4.33. The van der Waals surface area contributed by atoms with Crippen LogP contribution in [0.15, 0.2) is 0 Å². The Bertz CT molecular complexity index is 303. The zero-order chi connectivity index (χ0) is 12.2. The average molecular weight is 249 g/mol. The zero-order valence-corrected chi connectivity index (χ0v) is 11.0. The van der Waals surface area contributed by atoms with Crippen LogP contribution in [0.3, 0.4) is 0 Å². The summed E-state index contributed by atoms with van der Waals surface area (Å²) in [6.07, 6.45) is 3.35. The predicted octanol–water partition coefficient (Wildman–Crippen LogP) is 0.638. The van der Waals surface area contributed by atoms with Crippen molar-refractivity contribution in [2.75, 3.05) is 13.1 Å². The molecule has 0 radical (unpaired) electrons. The van der Waals surface area contributed by atoms with Crippen molar-refractivity contribution in [3.05, 3.63) is 0 Å². The van der Waals surface area contributed by atoms with E-state index < -0.39 is 10.2 Å². The van der Waals surface area contributed by atoms with Gasteiger partial charge in [0, 0.05) is 13.1 Å². The SMILES string of the molecule is CC(C)CNS(=O)(=O)N1CCCCCC1N. The van der Waals surface area contributed by atoms with Crippen LogP contribution in [0.4, 0.5) is 0 Å². The molecule has 16 heavy (non-hydrogen) atoms. The maximum Gasteiger partial charge on any atom is 0.280 e. The van der Waals surface area contributed by atoms with Gasteiger partial charge in [-0.25, -0.2) is 4.72 Å². The fourth-order valence-corrected chi connectivity index (χ4v) is 3.30. The summed E-state index contributed by atoms with van der Waals surface area (Å²) in [5.41, 5.74) is 5.88. The van der Waals surface area contributed by atoms with Gasteiger partial charge in [0.1, 0.15) is 0 Å². The topological polar surface area (TPSA) is 75.4 Å². The van der Waals surface area contributed by atoms with Crippen molar-refractivity contribution in [3.63, 3.8) is 0 Å². The van der Waals surface area contributed by atoms with E-state index in [-0.39, 0.29) is 6.17 Å². The molecule has 5 nitrogen and oxygen atoms in total. The molecule has 96 valence electrons. The third-order valence-electron chi connectivity index (χ3n) is 2.73. The molecule has 0 bridgehead atoms. The molecule has 6 heteroatoms. The smallest absolute Gasteiger partial charge is 0.280 e. The van der Waals surface area contributed by atoms with Crippen LogP contribution in [0.25, 0.3) is 0 Å². The van der Waals surface area contributed by atoms with Crippen LogP contribution in [0.1, 0.15) is 39.5 Å². The Kier molecular flexibility index (Phi) is 5.17. The van der Waals surface area contributed by atoms with Gasteiger partial charge in [0.2, 0.25) is 0 Å². The van der Waals surface area contributed by atoms with Gasteiger partial charge >= 0.3 is 0 Å². The Hall–Kier alpha value is -0.170. The quantitative estimate of drug-likeness (QED) is 0.767. The minimum absolute atomic E-state index is 0.304. The first kappa shape index (κ1) is 13.9. The Labute approximate surface area is 98.6 Å². The van der Waals surface area contributed by atoms with E-state index in [9.17, 15) is 8.42 Å². The van der Waals surface area contributed by atoms with Gasteiger partial charge in [-0.05, 0) is 18.8 Å². The normalized spacial score (nSPS) is 24.6. The highest BCUT2D eigenvalue weighted by Crippen LogP contribution is 2.16. The van der Waals surface area contributed by atoms with Crippen LogP contribution in [0.2, 0.25) is 0 Å². The summed E-state index contributed by atoms with van der Waals surface area (Å²) < 4.78 is 28.0. The monoisotopic (exact) mass is 249 g/mol. The molecule has 1 rings (SSSR count). The zero-order valence-electron chi connectivity index (χ0n) is 10.1. The van der Waals surface area contributed by atoms with E-state index in [1.165, 1.54) is 4.31 Å². The number of rotatable bonds is 4. The van der Waals surface area contributed by atoms with Gasteiger partial charge in [0.25, 0.3) is 10.2 Å². The molecule has 1 unspecified atom stereocenters. The highest BCUT2D eigenvalue weighted by molar-refractivity contribution is 7.87. The van der Waals surface area contributed by atoms with Crippen molar-refractivity contribution < 1.29 is 8.42 Å². The number of nitrogens with zero attached hydrogens (tertiary/aromatic N) is 1. The Morgan fingerprint density at radius 2 is 2.06 bits per heavy atom. The molecule has 0 amide bonds. The molecule has 0 spiro atoms. The Balaban J connectivity index is 2.64. The average Bonchev–Trinajstić information content (AvgIpc) is 2.40. The number of nitrogens with one attached hydrogen (secondary N) is 1. The van der Waals surface area contributed by atoms with Gasteiger partial charge in [0.15, 0.2) is 0 Å². The first-order valence-electron chi connectivity index (χ1n) is 5.95. The summed E-state index contributed by atoms with van der Waals surface area (Å²) in [6.45, 7) is 4.95. The summed E-state index contributed by atoms with van der Waals surface area (Å²) in [6, 6.07) is 0. The van der Waals surface area contributed by atoms with Crippen LogP contribution in [0, 0.1) is 5.92 Å². The molecule has 1 atom stereocenters. The molecular formula is C10H23N3O2S. The molecule has 1 heterocycles. The lowest BCUT2D eigenvalue weighted by atomic mass is 10.2. The van der Waals surface area contributed by atoms with Crippen molar-refractivity contribution in [3.8, 4) is 0 Å². The van der Waals surface area contributed by atoms with E-state index in [4.69, 9.17) is 5.73 Å². The minimum atomic E-state index is -3.39. The molecule has 0 saturated carbocycles. The van der Waals surface area contributed by atoms with Crippen LogP contribution in [-0.4, -0.2) is 32.0 Å². The van der Waals surface area contributed by atoms with Gasteiger partial charge < -0.3 is 5.73 Å². The van der Waals surface area contributed by atoms with Crippen LogP contribution in [-0.2, 0) is 10.2 Å². The van der Waals surface area contributed by atoms with Gasteiger partial charge in [-0.15, -0.1) is 0 Å². The molecule has 0 aromatic rings. The van der Waals surface area contributed by atoms with E-state index in [0.717, 1.165) is 25.7 Å². The van der Waals surface area contributed by atoms with Crippen molar-refractivity contribution >= 4 is 10.2 Å². The Morgan fingerprint density at radius 3 is 2.69 bits per heavy atom. The molecule has 1 aliphatic heterocycles. The number of hydrogen-bond acceptors (Lipinski definition) is 3. The van der Waals surface area contributed by atoms with E-state index in [1.54, 1.807) is 0 Å². The summed E-state index contributed by atoms with van der Waals surface area (Å²) in [4.78, 5) is 0. The van der Waals surface area contributed by atoms with E-state index in [0.29, 0.717) is 19.0 Å². The molecule has 1 saturated heterocycles. The van der Waals surface area contributed by atoms with Gasteiger partial charge in [-0.3, -0.25) is 0 Å². The van der Waals surface area contributed by atoms with E-state index in [1.807, 2.05) is 13.8 Å². The highest BCUT2D eigenvalue weighted by Gasteiger charge is 2.28. The summed E-state index contributed by atoms with van der Waals surface area (Å²) >= 11 is 0. The largest absolute Gasteiger partial charge is 0.315 e. The standard InChI is InChI=1S/C10H23N3O2S/c1-9(2)8-12-16(14,15)13-7-5-3-4-6-10(13)11/h9-10,12H,3-8,11H2,1-2H3. The van der Waals surface area contributed by atoms with E-state index >= 15 is 0 Å². The van der Waals surface area contributed by atoms with Crippen molar-refractivity contribution in [1.82, 2.24) is 9.03 Å². The van der Waals surface area contributed by atoms with Crippen molar-refractivity contribution in [2.24, 2.45) is 11.7 Å². The third kappa shape index (κ3) is 4.01. The fraction of sp³-hybridized carbons (Fsp3) is 1.00. The van der Waals surface area contributed by atoms with Crippen molar-refractivity contribution in [2.45, 2.75) is 45.7 Å². The first-order chi connectivity index (χ1) is 7.43. The molecule has 0 aliphatic carbocycles. The van der Waals surface area contributed by atoms with Gasteiger partial charge in [-0.2, -0.15) is 12.7 Å². The molecule has 0 aromatic carbocycles. The minimum Gasteiger partial charge on any atom is -0.315 e.